The molecule has 4 nitrogen and oxygen atoms in total. The van der Waals surface area contributed by atoms with E-state index in [4.69, 9.17) is 17.4 Å². The van der Waals surface area contributed by atoms with E-state index in [2.05, 4.69) is 4.98 Å². The molecule has 30 heavy (non-hydrogen) atoms. The number of nitrogens with zero attached hydrogens (tertiary/aromatic N) is 2. The van der Waals surface area contributed by atoms with Gasteiger partial charge in [-0.2, -0.15) is 0 Å². The molecule has 0 radical (unpaired) electrons. The van der Waals surface area contributed by atoms with Gasteiger partial charge in [0, 0.05) is 16.7 Å². The SMILES string of the molecule is NN(C(=O)C=Cc1ccccc1)c1nc(-c2ccc(Cl)cc2)c(-c2ccccc2)s1. The Hall–Kier alpha value is -3.25. The maximum Gasteiger partial charge on any atom is 0.267 e. The summed E-state index contributed by atoms with van der Waals surface area (Å²) < 4.78 is 0. The van der Waals surface area contributed by atoms with Crippen LogP contribution in [-0.2, 0) is 4.79 Å². The van der Waals surface area contributed by atoms with E-state index in [0.29, 0.717) is 10.2 Å². The molecule has 4 rings (SSSR count). The average Bonchev–Trinajstić information content (AvgIpc) is 3.24. The third-order valence-corrected chi connectivity index (χ3v) is 5.79. The van der Waals surface area contributed by atoms with Gasteiger partial charge in [-0.15, -0.1) is 0 Å². The van der Waals surface area contributed by atoms with Crippen LogP contribution in [-0.4, -0.2) is 10.9 Å². The van der Waals surface area contributed by atoms with Crippen molar-refractivity contribution in [1.29, 1.82) is 0 Å². The lowest BCUT2D eigenvalue weighted by atomic mass is 10.1. The number of aromatic nitrogens is 1. The average molecular weight is 432 g/mol. The van der Waals surface area contributed by atoms with E-state index in [0.717, 1.165) is 32.3 Å². The van der Waals surface area contributed by atoms with Crippen LogP contribution in [0.5, 0.6) is 0 Å². The fraction of sp³-hybridized carbons (Fsp3) is 0. The Morgan fingerprint density at radius 1 is 0.900 bits per heavy atom. The van der Waals surface area contributed by atoms with Gasteiger partial charge in [0.15, 0.2) is 0 Å². The lowest BCUT2D eigenvalue weighted by molar-refractivity contribution is -0.114. The molecule has 1 aromatic heterocycles. The zero-order valence-corrected chi connectivity index (χ0v) is 17.5. The molecule has 3 aromatic carbocycles. The summed E-state index contributed by atoms with van der Waals surface area (Å²) in [5.74, 6) is 5.77. The zero-order valence-electron chi connectivity index (χ0n) is 15.9. The largest absolute Gasteiger partial charge is 0.268 e. The Bertz CT molecular complexity index is 1170. The molecular weight excluding hydrogens is 414 g/mol. The van der Waals surface area contributed by atoms with Crippen LogP contribution < -0.4 is 10.9 Å². The summed E-state index contributed by atoms with van der Waals surface area (Å²) in [4.78, 5) is 18.2. The predicted octanol–water partition coefficient (Wildman–Crippen LogP) is 6.05. The van der Waals surface area contributed by atoms with Gasteiger partial charge >= 0.3 is 0 Å². The van der Waals surface area contributed by atoms with Gasteiger partial charge in [0.05, 0.1) is 10.6 Å². The van der Waals surface area contributed by atoms with Crippen molar-refractivity contribution in [1.82, 2.24) is 4.98 Å². The predicted molar refractivity (Wildman–Crippen MR) is 125 cm³/mol. The minimum absolute atomic E-state index is 0.352. The second-order valence-electron chi connectivity index (χ2n) is 6.50. The van der Waals surface area contributed by atoms with Crippen LogP contribution in [0.1, 0.15) is 5.56 Å². The molecule has 0 bridgehead atoms. The molecular formula is C24H18ClN3OS. The Balaban J connectivity index is 1.69. The lowest BCUT2D eigenvalue weighted by Crippen LogP contribution is -2.36. The molecule has 1 amide bonds. The lowest BCUT2D eigenvalue weighted by Gasteiger charge is -2.09. The Labute approximate surface area is 183 Å². The molecule has 0 saturated heterocycles. The minimum atomic E-state index is -0.352. The number of thiazole rings is 1. The summed E-state index contributed by atoms with van der Waals surface area (Å²) in [5, 5.41) is 2.15. The molecule has 0 atom stereocenters. The van der Waals surface area contributed by atoms with Gasteiger partial charge in [-0.05, 0) is 29.3 Å². The van der Waals surface area contributed by atoms with Crippen molar-refractivity contribution in [3.05, 3.63) is 102 Å². The van der Waals surface area contributed by atoms with E-state index in [-0.39, 0.29) is 5.91 Å². The van der Waals surface area contributed by atoms with Gasteiger partial charge in [-0.1, -0.05) is 95.7 Å². The van der Waals surface area contributed by atoms with E-state index in [1.54, 1.807) is 6.08 Å². The van der Waals surface area contributed by atoms with Gasteiger partial charge in [-0.25, -0.2) is 15.8 Å². The molecule has 148 valence electrons. The molecule has 0 spiro atoms. The van der Waals surface area contributed by atoms with Crippen molar-refractivity contribution < 1.29 is 4.79 Å². The molecule has 0 aliphatic rings. The molecule has 1 heterocycles. The number of amides is 1. The first-order chi connectivity index (χ1) is 14.6. The van der Waals surface area contributed by atoms with Crippen LogP contribution in [0.15, 0.2) is 91.0 Å². The second kappa shape index (κ2) is 9.05. The fourth-order valence-electron chi connectivity index (χ4n) is 2.91. The van der Waals surface area contributed by atoms with E-state index in [1.807, 2.05) is 84.9 Å². The van der Waals surface area contributed by atoms with Crippen molar-refractivity contribution in [3.8, 4) is 21.7 Å². The maximum absolute atomic E-state index is 12.6. The van der Waals surface area contributed by atoms with Crippen LogP contribution in [0, 0.1) is 0 Å². The molecule has 0 aliphatic heterocycles. The summed E-state index contributed by atoms with van der Waals surface area (Å²) in [6.45, 7) is 0. The highest BCUT2D eigenvalue weighted by molar-refractivity contribution is 7.19. The van der Waals surface area contributed by atoms with Crippen LogP contribution in [0.3, 0.4) is 0 Å². The highest BCUT2D eigenvalue weighted by Crippen LogP contribution is 2.40. The first-order valence-corrected chi connectivity index (χ1v) is 10.5. The van der Waals surface area contributed by atoms with Crippen LogP contribution in [0.2, 0.25) is 5.02 Å². The molecule has 0 unspecified atom stereocenters. The van der Waals surface area contributed by atoms with Gasteiger partial charge < -0.3 is 0 Å². The van der Waals surface area contributed by atoms with Crippen molar-refractivity contribution >= 4 is 40.1 Å². The normalized spacial score (nSPS) is 11.0. The molecule has 4 aromatic rings. The van der Waals surface area contributed by atoms with E-state index in [1.165, 1.54) is 17.4 Å². The van der Waals surface area contributed by atoms with Crippen LogP contribution in [0.4, 0.5) is 5.13 Å². The number of carbonyl (C=O) groups excluding carboxylic acids is 1. The number of rotatable bonds is 5. The number of hydrazine groups is 1. The van der Waals surface area contributed by atoms with Gasteiger partial charge in [0.2, 0.25) is 5.13 Å². The smallest absolute Gasteiger partial charge is 0.267 e. The monoisotopic (exact) mass is 431 g/mol. The minimum Gasteiger partial charge on any atom is -0.268 e. The Kier molecular flexibility index (Phi) is 6.05. The molecule has 0 aliphatic carbocycles. The number of benzene rings is 3. The van der Waals surface area contributed by atoms with Crippen LogP contribution in [0.25, 0.3) is 27.8 Å². The highest BCUT2D eigenvalue weighted by Gasteiger charge is 2.20. The first kappa shape index (κ1) is 20.0. The van der Waals surface area contributed by atoms with E-state index >= 15 is 0 Å². The zero-order chi connectivity index (χ0) is 20.9. The third kappa shape index (κ3) is 4.49. The molecule has 0 fully saturated rings. The summed E-state index contributed by atoms with van der Waals surface area (Å²) in [6.07, 6.45) is 3.18. The number of hydrogen-bond donors (Lipinski definition) is 1. The number of anilines is 1. The number of carbonyl (C=O) groups is 1. The molecule has 6 heteroatoms. The third-order valence-electron chi connectivity index (χ3n) is 4.43. The second-order valence-corrected chi connectivity index (χ2v) is 7.91. The van der Waals surface area contributed by atoms with Crippen molar-refractivity contribution in [2.45, 2.75) is 0 Å². The van der Waals surface area contributed by atoms with Crippen molar-refractivity contribution in [2.75, 3.05) is 5.01 Å². The van der Waals surface area contributed by atoms with Gasteiger partial charge in [-0.3, -0.25) is 4.79 Å². The molecule has 0 saturated carbocycles. The topological polar surface area (TPSA) is 59.2 Å². The van der Waals surface area contributed by atoms with Gasteiger partial charge in [0.1, 0.15) is 0 Å². The number of nitrogens with two attached hydrogens (primary N) is 1. The van der Waals surface area contributed by atoms with Crippen molar-refractivity contribution in [3.63, 3.8) is 0 Å². The summed E-state index contributed by atoms with van der Waals surface area (Å²) in [7, 11) is 0. The summed E-state index contributed by atoms with van der Waals surface area (Å²) in [6, 6.07) is 26.9. The maximum atomic E-state index is 12.6. The standard InChI is InChI=1S/C24H18ClN3OS/c25-20-14-12-18(13-15-20)22-23(19-9-5-2-6-10-19)30-24(27-22)28(26)21(29)16-11-17-7-3-1-4-8-17/h1-16H,26H2. The number of hydrogen-bond acceptors (Lipinski definition) is 4. The van der Waals surface area contributed by atoms with Crippen LogP contribution >= 0.6 is 22.9 Å². The van der Waals surface area contributed by atoms with E-state index in [9.17, 15) is 4.79 Å². The Morgan fingerprint density at radius 2 is 1.53 bits per heavy atom. The van der Waals surface area contributed by atoms with Gasteiger partial charge in [0.25, 0.3) is 5.91 Å². The molecule has 2 N–H and O–H groups in total. The summed E-state index contributed by atoms with van der Waals surface area (Å²) in [5.41, 5.74) is 3.59. The highest BCUT2D eigenvalue weighted by atomic mass is 35.5. The summed E-state index contributed by atoms with van der Waals surface area (Å²) >= 11 is 7.41. The Morgan fingerprint density at radius 3 is 2.20 bits per heavy atom. The number of halogens is 1. The fourth-order valence-corrected chi connectivity index (χ4v) is 4.05. The quantitative estimate of drug-likeness (QED) is 0.181. The first-order valence-electron chi connectivity index (χ1n) is 9.26. The van der Waals surface area contributed by atoms with E-state index < -0.39 is 0 Å². The van der Waals surface area contributed by atoms with Crippen molar-refractivity contribution in [2.24, 2.45) is 5.84 Å².